The predicted molar refractivity (Wildman–Crippen MR) is 119 cm³/mol. The number of nitriles is 1. The zero-order valence-electron chi connectivity index (χ0n) is 17.1. The van der Waals surface area contributed by atoms with Gasteiger partial charge < -0.3 is 9.47 Å². The number of rotatable bonds is 6. The van der Waals surface area contributed by atoms with Crippen LogP contribution in [0.1, 0.15) is 22.3 Å². The number of benzene rings is 3. The molecule has 3 aromatic carbocycles. The summed E-state index contributed by atoms with van der Waals surface area (Å²) in [4.78, 5) is 12.2. The van der Waals surface area contributed by atoms with E-state index in [9.17, 15) is 14.4 Å². The van der Waals surface area contributed by atoms with E-state index in [0.717, 1.165) is 11.1 Å². The van der Waals surface area contributed by atoms with Crippen molar-refractivity contribution in [2.45, 2.75) is 6.92 Å². The van der Waals surface area contributed by atoms with Gasteiger partial charge in [-0.05, 0) is 48.4 Å². The van der Waals surface area contributed by atoms with Crippen LogP contribution >= 0.6 is 0 Å². The first-order valence-electron chi connectivity index (χ1n) is 9.51. The summed E-state index contributed by atoms with van der Waals surface area (Å²) in [6, 6.07) is 20.6. The van der Waals surface area contributed by atoms with E-state index < -0.39 is 11.8 Å². The van der Waals surface area contributed by atoms with E-state index in [-0.39, 0.29) is 16.9 Å². The third kappa shape index (κ3) is 5.68. The van der Waals surface area contributed by atoms with E-state index in [1.807, 2.05) is 37.3 Å². The zero-order valence-corrected chi connectivity index (χ0v) is 17.1. The molecule has 0 aliphatic carbocycles. The maximum atomic E-state index is 14.0. The fraction of sp³-hybridized carbons (Fsp3) is 0.0769. The Morgan fingerprint density at radius 2 is 1.71 bits per heavy atom. The van der Waals surface area contributed by atoms with Crippen molar-refractivity contribution in [1.29, 1.82) is 5.26 Å². The summed E-state index contributed by atoms with van der Waals surface area (Å²) in [7, 11) is 1.45. The number of ether oxygens (including phenoxy) is 2. The average molecular weight is 413 g/mol. The maximum absolute atomic E-state index is 14.0. The number of aryl methyl sites for hydroxylation is 1. The Bertz CT molecular complexity index is 1190. The number of allylic oxidation sites excluding steroid dienone is 1. The van der Waals surface area contributed by atoms with Crippen LogP contribution in [0.2, 0.25) is 0 Å². The number of hydrogen-bond donors (Lipinski definition) is 0. The van der Waals surface area contributed by atoms with Gasteiger partial charge in [0, 0.05) is 11.6 Å². The van der Waals surface area contributed by atoms with E-state index in [1.165, 1.54) is 25.3 Å². The van der Waals surface area contributed by atoms with Gasteiger partial charge >= 0.3 is 5.97 Å². The van der Waals surface area contributed by atoms with Gasteiger partial charge in [0.15, 0.2) is 11.5 Å². The van der Waals surface area contributed by atoms with E-state index >= 15 is 0 Å². The molecule has 0 aliphatic heterocycles. The lowest BCUT2D eigenvalue weighted by Crippen LogP contribution is -2.05. The van der Waals surface area contributed by atoms with Gasteiger partial charge in [-0.2, -0.15) is 5.26 Å². The summed E-state index contributed by atoms with van der Waals surface area (Å²) in [6.07, 6.45) is 4.55. The molecule has 0 saturated heterocycles. The van der Waals surface area contributed by atoms with Crippen LogP contribution in [0.3, 0.4) is 0 Å². The highest BCUT2D eigenvalue weighted by Gasteiger charge is 2.11. The van der Waals surface area contributed by atoms with Crippen LogP contribution in [0, 0.1) is 24.1 Å². The first-order valence-corrected chi connectivity index (χ1v) is 9.51. The molecule has 0 saturated carbocycles. The van der Waals surface area contributed by atoms with Crippen LogP contribution in [-0.4, -0.2) is 13.1 Å². The number of hydrogen-bond acceptors (Lipinski definition) is 4. The molecule has 0 N–H and O–H groups in total. The van der Waals surface area contributed by atoms with Gasteiger partial charge in [-0.3, -0.25) is 0 Å². The molecular weight excluding hydrogens is 393 g/mol. The van der Waals surface area contributed by atoms with E-state index in [1.54, 1.807) is 42.5 Å². The normalized spacial score (nSPS) is 11.2. The van der Waals surface area contributed by atoms with Crippen LogP contribution in [-0.2, 0) is 4.79 Å². The highest BCUT2D eigenvalue weighted by atomic mass is 19.1. The van der Waals surface area contributed by atoms with Crippen molar-refractivity contribution in [3.63, 3.8) is 0 Å². The number of carbonyl (C=O) groups excluding carboxylic acids is 1. The summed E-state index contributed by atoms with van der Waals surface area (Å²) < 4.78 is 24.7. The van der Waals surface area contributed by atoms with Crippen molar-refractivity contribution < 1.29 is 18.7 Å². The molecule has 0 bridgehead atoms. The Labute approximate surface area is 180 Å². The minimum atomic E-state index is -0.550. The van der Waals surface area contributed by atoms with Crippen molar-refractivity contribution >= 4 is 23.7 Å². The van der Waals surface area contributed by atoms with E-state index in [4.69, 9.17) is 9.47 Å². The molecule has 0 unspecified atom stereocenters. The summed E-state index contributed by atoms with van der Waals surface area (Å²) in [6.45, 7) is 1.99. The number of halogens is 1. The molecule has 0 spiro atoms. The van der Waals surface area contributed by atoms with E-state index in [0.29, 0.717) is 11.3 Å². The smallest absolute Gasteiger partial charge is 0.336 e. The summed E-state index contributed by atoms with van der Waals surface area (Å²) in [5.74, 6) is -0.473. The van der Waals surface area contributed by atoms with Crippen LogP contribution in [0.25, 0.3) is 17.7 Å². The molecule has 0 aromatic heterocycles. The molecule has 0 amide bonds. The minimum Gasteiger partial charge on any atom is -0.493 e. The average Bonchev–Trinajstić information content (AvgIpc) is 2.78. The fourth-order valence-electron chi connectivity index (χ4n) is 2.86. The first-order chi connectivity index (χ1) is 15.0. The standard InChI is InChI=1S/C26H20FNO3/c1-18-7-9-19(10-8-18)12-14-26(29)31-24-13-11-20(16-25(24)30-2)15-21(17-28)22-5-3-4-6-23(22)27/h3-16H,1-2H3/b14-12+,21-15-. The number of carbonyl (C=O) groups is 1. The molecule has 4 nitrogen and oxygen atoms in total. The largest absolute Gasteiger partial charge is 0.493 e. The van der Waals surface area contributed by atoms with Crippen LogP contribution < -0.4 is 9.47 Å². The molecule has 0 aliphatic rings. The molecule has 5 heteroatoms. The van der Waals surface area contributed by atoms with Gasteiger partial charge in [0.2, 0.25) is 0 Å². The maximum Gasteiger partial charge on any atom is 0.336 e. The second-order valence-corrected chi connectivity index (χ2v) is 6.73. The zero-order chi connectivity index (χ0) is 22.2. The van der Waals surface area contributed by atoms with Crippen LogP contribution in [0.5, 0.6) is 11.5 Å². The Morgan fingerprint density at radius 3 is 2.39 bits per heavy atom. The molecule has 3 aromatic rings. The monoisotopic (exact) mass is 413 g/mol. The molecule has 0 atom stereocenters. The molecule has 31 heavy (non-hydrogen) atoms. The van der Waals surface area contributed by atoms with Gasteiger partial charge in [0.25, 0.3) is 0 Å². The summed E-state index contributed by atoms with van der Waals surface area (Å²) >= 11 is 0. The third-order valence-electron chi connectivity index (χ3n) is 4.48. The lowest BCUT2D eigenvalue weighted by molar-refractivity contribution is -0.129. The quantitative estimate of drug-likeness (QED) is 0.168. The highest BCUT2D eigenvalue weighted by molar-refractivity contribution is 5.91. The molecule has 0 fully saturated rings. The first kappa shape index (κ1) is 21.5. The molecule has 0 heterocycles. The van der Waals surface area contributed by atoms with Gasteiger partial charge in [-0.25, -0.2) is 9.18 Å². The Morgan fingerprint density at radius 1 is 1.00 bits per heavy atom. The minimum absolute atomic E-state index is 0.172. The van der Waals surface area contributed by atoms with Gasteiger partial charge in [-0.1, -0.05) is 54.1 Å². The Hall–Kier alpha value is -4.17. The van der Waals surface area contributed by atoms with Crippen molar-refractivity contribution in [3.8, 4) is 17.6 Å². The fourth-order valence-corrected chi connectivity index (χ4v) is 2.86. The Kier molecular flexibility index (Phi) is 6.97. The van der Waals surface area contributed by atoms with Crippen molar-refractivity contribution in [1.82, 2.24) is 0 Å². The molecule has 3 rings (SSSR count). The predicted octanol–water partition coefficient (Wildman–Crippen LogP) is 5.83. The van der Waals surface area contributed by atoms with Crippen LogP contribution in [0.4, 0.5) is 4.39 Å². The van der Waals surface area contributed by atoms with Crippen molar-refractivity contribution in [3.05, 3.63) is 101 Å². The summed E-state index contributed by atoms with van der Waals surface area (Å²) in [5, 5.41) is 9.44. The van der Waals surface area contributed by atoms with Crippen LogP contribution in [0.15, 0.2) is 72.8 Å². The topological polar surface area (TPSA) is 59.3 Å². The highest BCUT2D eigenvalue weighted by Crippen LogP contribution is 2.30. The van der Waals surface area contributed by atoms with Gasteiger partial charge in [0.05, 0.1) is 18.8 Å². The number of nitrogens with zero attached hydrogens (tertiary/aromatic N) is 1. The SMILES string of the molecule is COc1cc(/C=C(/C#N)c2ccccc2F)ccc1OC(=O)/C=C/c1ccc(C)cc1. The lowest BCUT2D eigenvalue weighted by atomic mass is 10.0. The number of esters is 1. The van der Waals surface area contributed by atoms with Gasteiger partial charge in [0.1, 0.15) is 5.82 Å². The number of methoxy groups -OCH3 is 1. The molecule has 154 valence electrons. The molecule has 0 radical (unpaired) electrons. The lowest BCUT2D eigenvalue weighted by Gasteiger charge is -2.09. The molecular formula is C26H20FNO3. The second-order valence-electron chi connectivity index (χ2n) is 6.73. The van der Waals surface area contributed by atoms with Gasteiger partial charge in [-0.15, -0.1) is 0 Å². The second kappa shape index (κ2) is 10.0. The van der Waals surface area contributed by atoms with E-state index in [2.05, 4.69) is 0 Å². The van der Waals surface area contributed by atoms with Crippen molar-refractivity contribution in [2.75, 3.05) is 7.11 Å². The van der Waals surface area contributed by atoms with Crippen molar-refractivity contribution in [2.24, 2.45) is 0 Å². The Balaban J connectivity index is 1.79. The summed E-state index contributed by atoms with van der Waals surface area (Å²) in [5.41, 5.74) is 3.00. The third-order valence-corrected chi connectivity index (χ3v) is 4.48.